The van der Waals surface area contributed by atoms with Crippen LogP contribution in [0, 0.1) is 0 Å². The first kappa shape index (κ1) is 13.4. The second-order valence-electron chi connectivity index (χ2n) is 3.23. The highest BCUT2D eigenvalue weighted by Gasteiger charge is 1.99. The summed E-state index contributed by atoms with van der Waals surface area (Å²) in [5.74, 6) is -0.191. The predicted octanol–water partition coefficient (Wildman–Crippen LogP) is -0.890. The summed E-state index contributed by atoms with van der Waals surface area (Å²) < 4.78 is 5.09. The maximum absolute atomic E-state index is 10.9. The standard InChI is InChI=1S/C9H20N2O3/c1-8(2)10-4-6-14-7-9(13)11-3-5-12/h8,10,12H,3-7H2,1-2H3,(H,11,13). The van der Waals surface area contributed by atoms with Crippen LogP contribution in [0.5, 0.6) is 0 Å². The molecule has 14 heavy (non-hydrogen) atoms. The first-order valence-electron chi connectivity index (χ1n) is 4.85. The molecule has 0 atom stereocenters. The van der Waals surface area contributed by atoms with E-state index < -0.39 is 0 Å². The molecule has 0 aromatic rings. The molecule has 5 nitrogen and oxygen atoms in total. The Labute approximate surface area is 84.8 Å². The van der Waals surface area contributed by atoms with Crippen LogP contribution in [0.2, 0.25) is 0 Å². The molecular weight excluding hydrogens is 184 g/mol. The van der Waals surface area contributed by atoms with Crippen LogP contribution in [0.15, 0.2) is 0 Å². The lowest BCUT2D eigenvalue weighted by Gasteiger charge is -2.08. The van der Waals surface area contributed by atoms with Crippen LogP contribution in [0.4, 0.5) is 0 Å². The lowest BCUT2D eigenvalue weighted by Crippen LogP contribution is -2.32. The van der Waals surface area contributed by atoms with Gasteiger partial charge in [0.25, 0.3) is 0 Å². The molecule has 3 N–H and O–H groups in total. The Hall–Kier alpha value is -0.650. The van der Waals surface area contributed by atoms with E-state index in [1.54, 1.807) is 0 Å². The van der Waals surface area contributed by atoms with Crippen molar-refractivity contribution in [3.8, 4) is 0 Å². The fourth-order valence-corrected chi connectivity index (χ4v) is 0.831. The van der Waals surface area contributed by atoms with Crippen molar-refractivity contribution in [2.45, 2.75) is 19.9 Å². The van der Waals surface area contributed by atoms with Crippen LogP contribution in [0.1, 0.15) is 13.8 Å². The number of carbonyl (C=O) groups excluding carboxylic acids is 1. The Kier molecular flexibility index (Phi) is 8.51. The third-order valence-corrected chi connectivity index (χ3v) is 1.47. The summed E-state index contributed by atoms with van der Waals surface area (Å²) in [6, 6.07) is 0.432. The van der Waals surface area contributed by atoms with E-state index in [0.717, 1.165) is 6.54 Å². The van der Waals surface area contributed by atoms with Crippen LogP contribution in [-0.4, -0.2) is 50.0 Å². The van der Waals surface area contributed by atoms with Gasteiger partial charge in [0.1, 0.15) is 6.61 Å². The minimum atomic E-state index is -0.191. The lowest BCUT2D eigenvalue weighted by atomic mass is 10.4. The summed E-state index contributed by atoms with van der Waals surface area (Å²) in [6.07, 6.45) is 0. The number of aliphatic hydroxyl groups is 1. The predicted molar refractivity (Wildman–Crippen MR) is 54.1 cm³/mol. The van der Waals surface area contributed by atoms with E-state index in [9.17, 15) is 4.79 Å². The van der Waals surface area contributed by atoms with Gasteiger partial charge in [-0.2, -0.15) is 0 Å². The van der Waals surface area contributed by atoms with Gasteiger partial charge >= 0.3 is 0 Å². The normalized spacial score (nSPS) is 10.6. The molecule has 0 heterocycles. The van der Waals surface area contributed by atoms with Gasteiger partial charge in [0, 0.05) is 19.1 Å². The Morgan fingerprint density at radius 1 is 1.43 bits per heavy atom. The molecule has 0 aliphatic heterocycles. The second-order valence-corrected chi connectivity index (χ2v) is 3.23. The molecular formula is C9H20N2O3. The van der Waals surface area contributed by atoms with Crippen molar-refractivity contribution in [3.63, 3.8) is 0 Å². The van der Waals surface area contributed by atoms with E-state index in [0.29, 0.717) is 12.6 Å². The molecule has 0 aromatic carbocycles. The van der Waals surface area contributed by atoms with Gasteiger partial charge in [-0.25, -0.2) is 0 Å². The van der Waals surface area contributed by atoms with Crippen molar-refractivity contribution < 1.29 is 14.6 Å². The Balaban J connectivity index is 3.15. The van der Waals surface area contributed by atoms with Gasteiger partial charge in [0.2, 0.25) is 5.91 Å². The molecule has 0 bridgehead atoms. The fourth-order valence-electron chi connectivity index (χ4n) is 0.831. The maximum Gasteiger partial charge on any atom is 0.246 e. The van der Waals surface area contributed by atoms with Crippen molar-refractivity contribution in [3.05, 3.63) is 0 Å². The number of amides is 1. The number of rotatable bonds is 8. The molecule has 5 heteroatoms. The zero-order valence-electron chi connectivity index (χ0n) is 8.88. The molecule has 0 saturated heterocycles. The smallest absolute Gasteiger partial charge is 0.246 e. The zero-order chi connectivity index (χ0) is 10.8. The molecule has 0 spiro atoms. The third-order valence-electron chi connectivity index (χ3n) is 1.47. The topological polar surface area (TPSA) is 70.6 Å². The monoisotopic (exact) mass is 204 g/mol. The molecule has 0 saturated carbocycles. The third kappa shape index (κ3) is 9.44. The van der Waals surface area contributed by atoms with Gasteiger partial charge in [-0.1, -0.05) is 13.8 Å². The van der Waals surface area contributed by atoms with Crippen LogP contribution in [-0.2, 0) is 9.53 Å². The van der Waals surface area contributed by atoms with Gasteiger partial charge in [-0.15, -0.1) is 0 Å². The summed E-state index contributed by atoms with van der Waals surface area (Å²) >= 11 is 0. The Morgan fingerprint density at radius 2 is 2.14 bits per heavy atom. The van der Waals surface area contributed by atoms with Crippen LogP contribution >= 0.6 is 0 Å². The quantitative estimate of drug-likeness (QED) is 0.449. The average Bonchev–Trinajstić information content (AvgIpc) is 2.13. The number of ether oxygens (including phenoxy) is 1. The molecule has 0 aliphatic rings. The molecule has 0 unspecified atom stereocenters. The minimum absolute atomic E-state index is 0.0410. The van der Waals surface area contributed by atoms with E-state index in [4.69, 9.17) is 9.84 Å². The summed E-state index contributed by atoms with van der Waals surface area (Å²) in [6.45, 7) is 5.66. The van der Waals surface area contributed by atoms with Crippen molar-refractivity contribution in [1.29, 1.82) is 0 Å². The van der Waals surface area contributed by atoms with Gasteiger partial charge in [0.05, 0.1) is 13.2 Å². The first-order valence-corrected chi connectivity index (χ1v) is 4.85. The number of hydrogen-bond donors (Lipinski definition) is 3. The summed E-state index contributed by atoms with van der Waals surface area (Å²) in [4.78, 5) is 10.9. The van der Waals surface area contributed by atoms with Crippen molar-refractivity contribution in [1.82, 2.24) is 10.6 Å². The highest BCUT2D eigenvalue weighted by molar-refractivity contribution is 5.77. The lowest BCUT2D eigenvalue weighted by molar-refractivity contribution is -0.125. The summed E-state index contributed by atoms with van der Waals surface area (Å²) in [5, 5.41) is 14.1. The Bertz CT molecular complexity index is 151. The highest BCUT2D eigenvalue weighted by Crippen LogP contribution is 1.78. The van der Waals surface area contributed by atoms with E-state index in [1.165, 1.54) is 0 Å². The van der Waals surface area contributed by atoms with Crippen molar-refractivity contribution >= 4 is 5.91 Å². The van der Waals surface area contributed by atoms with E-state index >= 15 is 0 Å². The molecule has 0 radical (unpaired) electrons. The minimum Gasteiger partial charge on any atom is -0.395 e. The van der Waals surface area contributed by atoms with Gasteiger partial charge in [-0.3, -0.25) is 4.79 Å². The second kappa shape index (κ2) is 8.93. The maximum atomic E-state index is 10.9. The molecule has 84 valence electrons. The molecule has 0 fully saturated rings. The van der Waals surface area contributed by atoms with Crippen molar-refractivity contribution in [2.75, 3.05) is 32.9 Å². The number of hydrogen-bond acceptors (Lipinski definition) is 4. The number of carbonyl (C=O) groups is 1. The van der Waals surface area contributed by atoms with Crippen molar-refractivity contribution in [2.24, 2.45) is 0 Å². The van der Waals surface area contributed by atoms with Crippen LogP contribution in [0.3, 0.4) is 0 Å². The average molecular weight is 204 g/mol. The number of nitrogens with one attached hydrogen (secondary N) is 2. The fraction of sp³-hybridized carbons (Fsp3) is 0.889. The Morgan fingerprint density at radius 3 is 2.71 bits per heavy atom. The highest BCUT2D eigenvalue weighted by atomic mass is 16.5. The largest absolute Gasteiger partial charge is 0.395 e. The molecule has 0 rings (SSSR count). The van der Waals surface area contributed by atoms with Gasteiger partial charge in [0.15, 0.2) is 0 Å². The van der Waals surface area contributed by atoms with E-state index in [2.05, 4.69) is 10.6 Å². The molecule has 0 aliphatic carbocycles. The van der Waals surface area contributed by atoms with E-state index in [-0.39, 0.29) is 25.7 Å². The number of aliphatic hydroxyl groups excluding tert-OH is 1. The molecule has 0 aromatic heterocycles. The van der Waals surface area contributed by atoms with Gasteiger partial charge in [-0.05, 0) is 0 Å². The van der Waals surface area contributed by atoms with Crippen LogP contribution in [0.25, 0.3) is 0 Å². The first-order chi connectivity index (χ1) is 6.66. The SMILES string of the molecule is CC(C)NCCOCC(=O)NCCO. The zero-order valence-corrected chi connectivity index (χ0v) is 8.88. The van der Waals surface area contributed by atoms with Crippen LogP contribution < -0.4 is 10.6 Å². The van der Waals surface area contributed by atoms with E-state index in [1.807, 2.05) is 13.8 Å². The molecule has 1 amide bonds. The summed E-state index contributed by atoms with van der Waals surface area (Å²) in [7, 11) is 0. The summed E-state index contributed by atoms with van der Waals surface area (Å²) in [5.41, 5.74) is 0. The van der Waals surface area contributed by atoms with Gasteiger partial charge < -0.3 is 20.5 Å².